The molecule has 2 rings (SSSR count). The molecule has 1 unspecified atom stereocenters. The standard InChI is InChI=1S/C14H19ClN2O2/c1-9(18)13-5-12(15)4-11(14(13)19)8-17-3-2-10(6-16)7-17/h4-5,10,19H,2-3,6-8,16H2,1H3. The fraction of sp³-hybridized carbons (Fsp3) is 0.500. The minimum atomic E-state index is -0.178. The second-order valence-electron chi connectivity index (χ2n) is 5.14. The molecule has 3 N–H and O–H groups in total. The first kappa shape index (κ1) is 14.3. The number of benzene rings is 1. The highest BCUT2D eigenvalue weighted by Crippen LogP contribution is 2.30. The van der Waals surface area contributed by atoms with Gasteiger partial charge in [0.2, 0.25) is 0 Å². The molecule has 0 aliphatic carbocycles. The molecule has 1 fully saturated rings. The van der Waals surface area contributed by atoms with Gasteiger partial charge < -0.3 is 10.8 Å². The molecule has 0 aromatic heterocycles. The highest BCUT2D eigenvalue weighted by molar-refractivity contribution is 6.31. The molecular weight excluding hydrogens is 264 g/mol. The van der Waals surface area contributed by atoms with Gasteiger partial charge >= 0.3 is 0 Å². The minimum Gasteiger partial charge on any atom is -0.507 e. The van der Waals surface area contributed by atoms with Gasteiger partial charge in [0.05, 0.1) is 5.56 Å². The Hall–Kier alpha value is -1.10. The predicted molar refractivity (Wildman–Crippen MR) is 75.6 cm³/mol. The van der Waals surface area contributed by atoms with Crippen LogP contribution < -0.4 is 5.73 Å². The van der Waals surface area contributed by atoms with E-state index in [-0.39, 0.29) is 17.1 Å². The number of aromatic hydroxyl groups is 1. The van der Waals surface area contributed by atoms with E-state index < -0.39 is 0 Å². The molecule has 0 saturated carbocycles. The summed E-state index contributed by atoms with van der Waals surface area (Å²) < 4.78 is 0. The van der Waals surface area contributed by atoms with E-state index >= 15 is 0 Å². The molecular formula is C14H19ClN2O2. The maximum absolute atomic E-state index is 11.5. The smallest absolute Gasteiger partial charge is 0.163 e. The summed E-state index contributed by atoms with van der Waals surface area (Å²) in [5, 5.41) is 10.6. The van der Waals surface area contributed by atoms with Crippen molar-refractivity contribution in [2.24, 2.45) is 11.7 Å². The van der Waals surface area contributed by atoms with Gasteiger partial charge in [-0.25, -0.2) is 0 Å². The molecule has 1 heterocycles. The lowest BCUT2D eigenvalue weighted by Crippen LogP contribution is -2.23. The number of halogens is 1. The van der Waals surface area contributed by atoms with Gasteiger partial charge in [0.1, 0.15) is 5.75 Å². The number of rotatable bonds is 4. The van der Waals surface area contributed by atoms with Gasteiger partial charge in [-0.1, -0.05) is 11.6 Å². The first-order valence-electron chi connectivity index (χ1n) is 6.46. The van der Waals surface area contributed by atoms with Crippen LogP contribution in [-0.2, 0) is 6.54 Å². The van der Waals surface area contributed by atoms with E-state index in [0.717, 1.165) is 19.5 Å². The quantitative estimate of drug-likeness (QED) is 0.829. The second-order valence-corrected chi connectivity index (χ2v) is 5.58. The normalized spacial score (nSPS) is 19.8. The average molecular weight is 283 g/mol. The number of hydrogen-bond donors (Lipinski definition) is 2. The third-order valence-corrected chi connectivity index (χ3v) is 3.85. The molecule has 4 nitrogen and oxygen atoms in total. The maximum Gasteiger partial charge on any atom is 0.163 e. The zero-order valence-corrected chi connectivity index (χ0v) is 11.8. The van der Waals surface area contributed by atoms with Crippen molar-refractivity contribution in [1.29, 1.82) is 0 Å². The summed E-state index contributed by atoms with van der Waals surface area (Å²) in [7, 11) is 0. The zero-order valence-electron chi connectivity index (χ0n) is 11.0. The molecule has 1 saturated heterocycles. The van der Waals surface area contributed by atoms with Gasteiger partial charge in [-0.3, -0.25) is 9.69 Å². The number of hydrogen-bond acceptors (Lipinski definition) is 4. The van der Waals surface area contributed by atoms with Crippen LogP contribution in [0.4, 0.5) is 0 Å². The number of phenolic OH excluding ortho intramolecular Hbond substituents is 1. The third-order valence-electron chi connectivity index (χ3n) is 3.63. The van der Waals surface area contributed by atoms with E-state index in [0.29, 0.717) is 29.6 Å². The Bertz CT molecular complexity index is 491. The number of nitrogens with two attached hydrogens (primary N) is 1. The van der Waals surface area contributed by atoms with Crippen LogP contribution in [0.2, 0.25) is 5.02 Å². The number of nitrogens with zero attached hydrogens (tertiary/aromatic N) is 1. The fourth-order valence-corrected chi connectivity index (χ4v) is 2.78. The minimum absolute atomic E-state index is 0.0492. The molecule has 0 spiro atoms. The first-order chi connectivity index (χ1) is 9.01. The van der Waals surface area contributed by atoms with E-state index in [1.807, 2.05) is 0 Å². The van der Waals surface area contributed by atoms with Crippen LogP contribution in [0.25, 0.3) is 0 Å². The number of Topliss-reactive ketones (excluding diaryl/α,β-unsaturated/α-hetero) is 1. The predicted octanol–water partition coefficient (Wildman–Crippen LogP) is 2.03. The molecule has 1 aromatic rings. The molecule has 0 bridgehead atoms. The van der Waals surface area contributed by atoms with Crippen LogP contribution in [0.1, 0.15) is 29.3 Å². The first-order valence-corrected chi connectivity index (χ1v) is 6.83. The SMILES string of the molecule is CC(=O)c1cc(Cl)cc(CN2CCC(CN)C2)c1O. The topological polar surface area (TPSA) is 66.6 Å². The Balaban J connectivity index is 2.19. The Kier molecular flexibility index (Phi) is 4.45. The van der Waals surface area contributed by atoms with Crippen molar-refractivity contribution in [3.05, 3.63) is 28.3 Å². The van der Waals surface area contributed by atoms with Crippen LogP contribution in [0.5, 0.6) is 5.75 Å². The second kappa shape index (κ2) is 5.90. The molecule has 1 aromatic carbocycles. The lowest BCUT2D eigenvalue weighted by atomic mass is 10.1. The summed E-state index contributed by atoms with van der Waals surface area (Å²) in [6.45, 7) is 4.61. The van der Waals surface area contributed by atoms with E-state index in [1.165, 1.54) is 13.0 Å². The van der Waals surface area contributed by atoms with Gasteiger partial charge in [-0.2, -0.15) is 0 Å². The van der Waals surface area contributed by atoms with Crippen LogP contribution in [0, 0.1) is 5.92 Å². The Labute approximate surface area is 118 Å². The summed E-state index contributed by atoms with van der Waals surface area (Å²) in [5.41, 5.74) is 6.66. The molecule has 0 radical (unpaired) electrons. The van der Waals surface area contributed by atoms with Gasteiger partial charge in [0, 0.05) is 23.7 Å². The Morgan fingerprint density at radius 1 is 1.58 bits per heavy atom. The highest BCUT2D eigenvalue weighted by atomic mass is 35.5. The summed E-state index contributed by atoms with van der Waals surface area (Å²) in [6.07, 6.45) is 1.08. The number of carbonyl (C=O) groups is 1. The summed E-state index contributed by atoms with van der Waals surface area (Å²) in [6, 6.07) is 3.23. The van der Waals surface area contributed by atoms with Crippen molar-refractivity contribution in [2.75, 3.05) is 19.6 Å². The van der Waals surface area contributed by atoms with Crippen LogP contribution in [0.3, 0.4) is 0 Å². The Morgan fingerprint density at radius 2 is 2.32 bits per heavy atom. The number of phenols is 1. The van der Waals surface area contributed by atoms with Crippen molar-refractivity contribution in [3.8, 4) is 5.75 Å². The third kappa shape index (κ3) is 3.26. The van der Waals surface area contributed by atoms with E-state index in [4.69, 9.17) is 17.3 Å². The van der Waals surface area contributed by atoms with Crippen molar-refractivity contribution in [2.45, 2.75) is 19.9 Å². The van der Waals surface area contributed by atoms with Crippen LogP contribution >= 0.6 is 11.6 Å². The average Bonchev–Trinajstić information content (AvgIpc) is 2.80. The number of carbonyl (C=O) groups excluding carboxylic acids is 1. The van der Waals surface area contributed by atoms with Gasteiger partial charge in [0.15, 0.2) is 5.78 Å². The maximum atomic E-state index is 11.5. The molecule has 1 aliphatic rings. The molecule has 1 atom stereocenters. The Morgan fingerprint density at radius 3 is 2.89 bits per heavy atom. The molecule has 5 heteroatoms. The largest absolute Gasteiger partial charge is 0.507 e. The highest BCUT2D eigenvalue weighted by Gasteiger charge is 2.23. The molecule has 1 aliphatic heterocycles. The van der Waals surface area contributed by atoms with E-state index in [2.05, 4.69) is 4.90 Å². The van der Waals surface area contributed by atoms with Gasteiger partial charge in [-0.05, 0) is 44.5 Å². The van der Waals surface area contributed by atoms with Gasteiger partial charge in [0.25, 0.3) is 0 Å². The molecule has 0 amide bonds. The number of likely N-dealkylation sites (tertiary alicyclic amines) is 1. The van der Waals surface area contributed by atoms with E-state index in [1.54, 1.807) is 6.07 Å². The molecule has 19 heavy (non-hydrogen) atoms. The van der Waals surface area contributed by atoms with Crippen molar-refractivity contribution >= 4 is 17.4 Å². The van der Waals surface area contributed by atoms with Crippen LogP contribution in [0.15, 0.2) is 12.1 Å². The summed E-state index contributed by atoms with van der Waals surface area (Å²) >= 11 is 6.01. The fourth-order valence-electron chi connectivity index (χ4n) is 2.53. The molecule has 104 valence electrons. The zero-order chi connectivity index (χ0) is 14.0. The van der Waals surface area contributed by atoms with Crippen molar-refractivity contribution in [1.82, 2.24) is 4.90 Å². The van der Waals surface area contributed by atoms with E-state index in [9.17, 15) is 9.90 Å². The lowest BCUT2D eigenvalue weighted by Gasteiger charge is -2.17. The van der Waals surface area contributed by atoms with Crippen molar-refractivity contribution < 1.29 is 9.90 Å². The summed E-state index contributed by atoms with van der Waals surface area (Å²) in [4.78, 5) is 13.7. The lowest BCUT2D eigenvalue weighted by molar-refractivity contribution is 0.101. The number of ketones is 1. The van der Waals surface area contributed by atoms with Gasteiger partial charge in [-0.15, -0.1) is 0 Å². The van der Waals surface area contributed by atoms with Crippen molar-refractivity contribution in [3.63, 3.8) is 0 Å². The summed E-state index contributed by atoms with van der Waals surface area (Å²) in [5.74, 6) is 0.393. The van der Waals surface area contributed by atoms with Crippen LogP contribution in [-0.4, -0.2) is 35.4 Å². The monoisotopic (exact) mass is 282 g/mol.